The molecule has 0 bridgehead atoms. The third-order valence-electron chi connectivity index (χ3n) is 4.37. The molecule has 2 aliphatic rings. The molecule has 0 aromatic heterocycles. The number of hydrogen-bond donors (Lipinski definition) is 1. The highest BCUT2D eigenvalue weighted by atomic mass is 35.5. The van der Waals surface area contributed by atoms with Gasteiger partial charge in [0.05, 0.1) is 23.9 Å². The molecule has 1 fully saturated rings. The van der Waals surface area contributed by atoms with Crippen LogP contribution in [-0.4, -0.2) is 36.1 Å². The first-order valence-corrected chi connectivity index (χ1v) is 8.22. The Labute approximate surface area is 131 Å². The third kappa shape index (κ3) is 2.82. The van der Waals surface area contributed by atoms with E-state index in [1.807, 2.05) is 17.0 Å². The van der Waals surface area contributed by atoms with Gasteiger partial charge in [-0.05, 0) is 24.5 Å². The number of likely N-dealkylation sites (tertiary alicyclic amines) is 1. The summed E-state index contributed by atoms with van der Waals surface area (Å²) < 4.78 is 0. The lowest BCUT2D eigenvalue weighted by Gasteiger charge is -2.30. The highest BCUT2D eigenvalue weighted by molar-refractivity contribution is 6.18. The summed E-state index contributed by atoms with van der Waals surface area (Å²) in [7, 11) is 0. The molecule has 1 amide bonds. The van der Waals surface area contributed by atoms with E-state index in [-0.39, 0.29) is 12.1 Å². The number of carbonyl (C=O) groups excluding carboxylic acids is 1. The smallest absolute Gasteiger partial charge is 0.224 e. The van der Waals surface area contributed by atoms with Crippen LogP contribution in [-0.2, 0) is 4.79 Å². The number of fused-ring (bicyclic) bond motifs is 1. The average molecular weight is 308 g/mol. The molecule has 1 saturated heterocycles. The van der Waals surface area contributed by atoms with E-state index in [4.69, 9.17) is 11.6 Å². The van der Waals surface area contributed by atoms with E-state index in [9.17, 15) is 4.79 Å². The molecule has 0 aliphatic carbocycles. The number of hydrogen-bond acceptors (Lipinski definition) is 3. The summed E-state index contributed by atoms with van der Waals surface area (Å²) in [5, 5.41) is 3.42. The van der Waals surface area contributed by atoms with E-state index in [1.165, 1.54) is 0 Å². The average Bonchev–Trinajstić information content (AvgIpc) is 3.01. The van der Waals surface area contributed by atoms with Crippen LogP contribution in [0.3, 0.4) is 0 Å². The van der Waals surface area contributed by atoms with Gasteiger partial charge in [0.2, 0.25) is 5.91 Å². The van der Waals surface area contributed by atoms with Crippen molar-refractivity contribution in [2.75, 3.05) is 29.3 Å². The molecule has 0 radical (unpaired) electrons. The fraction of sp³-hybridized carbons (Fsp3) is 0.562. The van der Waals surface area contributed by atoms with Crippen molar-refractivity contribution in [3.05, 3.63) is 24.3 Å². The highest BCUT2D eigenvalue weighted by Crippen LogP contribution is 2.35. The lowest BCUT2D eigenvalue weighted by Crippen LogP contribution is -2.45. The van der Waals surface area contributed by atoms with Crippen LogP contribution < -0.4 is 10.2 Å². The van der Waals surface area contributed by atoms with E-state index >= 15 is 0 Å². The zero-order chi connectivity index (χ0) is 14.8. The Morgan fingerprint density at radius 3 is 2.95 bits per heavy atom. The summed E-state index contributed by atoms with van der Waals surface area (Å²) in [6.07, 6.45) is 3.03. The minimum absolute atomic E-state index is 0.0575. The first-order valence-electron chi connectivity index (χ1n) is 7.69. The molecule has 1 aromatic carbocycles. The van der Waals surface area contributed by atoms with Crippen molar-refractivity contribution in [1.82, 2.24) is 4.90 Å². The van der Waals surface area contributed by atoms with Gasteiger partial charge in [-0.15, -0.1) is 11.6 Å². The minimum Gasteiger partial charge on any atom is -0.362 e. The Hall–Kier alpha value is -1.42. The van der Waals surface area contributed by atoms with Crippen molar-refractivity contribution < 1.29 is 4.79 Å². The van der Waals surface area contributed by atoms with Gasteiger partial charge in [-0.25, -0.2) is 0 Å². The molecule has 1 N–H and O–H groups in total. The highest BCUT2D eigenvalue weighted by Gasteiger charge is 2.34. The van der Waals surface area contributed by atoms with Crippen molar-refractivity contribution >= 4 is 28.9 Å². The molecule has 21 heavy (non-hydrogen) atoms. The summed E-state index contributed by atoms with van der Waals surface area (Å²) in [5.74, 6) is 1.28. The monoisotopic (exact) mass is 307 g/mol. The summed E-state index contributed by atoms with van der Waals surface area (Å²) in [5.41, 5.74) is 2.23. The molecular formula is C16H22ClN3O. The van der Waals surface area contributed by atoms with E-state index in [0.29, 0.717) is 24.9 Å². The molecule has 2 aliphatic heterocycles. The molecular weight excluding hydrogens is 286 g/mol. The van der Waals surface area contributed by atoms with Gasteiger partial charge < -0.3 is 15.1 Å². The van der Waals surface area contributed by atoms with Crippen LogP contribution in [0.4, 0.5) is 11.4 Å². The lowest BCUT2D eigenvalue weighted by molar-refractivity contribution is -0.127. The van der Waals surface area contributed by atoms with E-state index in [2.05, 4.69) is 29.3 Å². The largest absolute Gasteiger partial charge is 0.362 e. The fourth-order valence-corrected chi connectivity index (χ4v) is 3.59. The van der Waals surface area contributed by atoms with E-state index in [1.54, 1.807) is 0 Å². The van der Waals surface area contributed by atoms with Gasteiger partial charge in [-0.1, -0.05) is 25.5 Å². The lowest BCUT2D eigenvalue weighted by atomic mass is 10.0. The van der Waals surface area contributed by atoms with E-state index < -0.39 is 0 Å². The van der Waals surface area contributed by atoms with Gasteiger partial charge in [-0.2, -0.15) is 0 Å². The van der Waals surface area contributed by atoms with Gasteiger partial charge in [0.25, 0.3) is 0 Å². The topological polar surface area (TPSA) is 35.6 Å². The van der Waals surface area contributed by atoms with Crippen LogP contribution in [0.2, 0.25) is 0 Å². The zero-order valence-electron chi connectivity index (χ0n) is 12.4. The van der Waals surface area contributed by atoms with Crippen molar-refractivity contribution in [1.29, 1.82) is 0 Å². The second-order valence-corrected chi connectivity index (χ2v) is 6.23. The van der Waals surface area contributed by atoms with Crippen LogP contribution in [0, 0.1) is 5.92 Å². The van der Waals surface area contributed by atoms with Gasteiger partial charge in [0.15, 0.2) is 0 Å². The summed E-state index contributed by atoms with van der Waals surface area (Å²) in [4.78, 5) is 16.4. The number of nitrogens with one attached hydrogen (secondary N) is 1. The van der Waals surface area contributed by atoms with Crippen molar-refractivity contribution in [2.24, 2.45) is 5.92 Å². The maximum atomic E-state index is 12.2. The fourth-order valence-electron chi connectivity index (χ4n) is 3.34. The summed E-state index contributed by atoms with van der Waals surface area (Å²) in [6.45, 7) is 3.68. The first-order chi connectivity index (χ1) is 10.2. The Morgan fingerprint density at radius 2 is 2.19 bits per heavy atom. The number of amides is 1. The quantitative estimate of drug-likeness (QED) is 0.849. The third-order valence-corrected chi connectivity index (χ3v) is 4.66. The number of halogens is 1. The molecule has 2 unspecified atom stereocenters. The molecule has 1 aromatic rings. The van der Waals surface area contributed by atoms with Crippen molar-refractivity contribution in [2.45, 2.75) is 32.4 Å². The maximum absolute atomic E-state index is 12.2. The Morgan fingerprint density at radius 1 is 1.38 bits per heavy atom. The van der Waals surface area contributed by atoms with Gasteiger partial charge in [0, 0.05) is 13.0 Å². The normalized spacial score (nSPS) is 24.4. The second-order valence-electron chi connectivity index (χ2n) is 5.92. The maximum Gasteiger partial charge on any atom is 0.224 e. The van der Waals surface area contributed by atoms with Crippen molar-refractivity contribution in [3.8, 4) is 0 Å². The van der Waals surface area contributed by atoms with Gasteiger partial charge >= 0.3 is 0 Å². The molecule has 114 valence electrons. The SMILES string of the molecule is CCCC1CC(=O)N(CN2c3ccccc3NC2CCl)C1. The van der Waals surface area contributed by atoms with Gasteiger partial charge in [-0.3, -0.25) is 4.79 Å². The molecule has 5 heteroatoms. The molecule has 4 nitrogen and oxygen atoms in total. The van der Waals surface area contributed by atoms with Gasteiger partial charge in [0.1, 0.15) is 6.17 Å². The number of nitrogens with zero attached hydrogens (tertiary/aromatic N) is 2. The molecule has 2 heterocycles. The minimum atomic E-state index is 0.0575. The number of anilines is 2. The van der Waals surface area contributed by atoms with Crippen LogP contribution in [0.1, 0.15) is 26.2 Å². The Balaban J connectivity index is 1.73. The number of carbonyl (C=O) groups is 1. The summed E-state index contributed by atoms with van der Waals surface area (Å²) in [6, 6.07) is 8.17. The van der Waals surface area contributed by atoms with Crippen LogP contribution in [0.15, 0.2) is 24.3 Å². The molecule has 3 rings (SSSR count). The molecule has 0 spiro atoms. The second kappa shape index (κ2) is 6.14. The van der Waals surface area contributed by atoms with Crippen molar-refractivity contribution in [3.63, 3.8) is 0 Å². The molecule has 0 saturated carbocycles. The van der Waals surface area contributed by atoms with Crippen LogP contribution in [0.25, 0.3) is 0 Å². The number of benzene rings is 1. The predicted octanol–water partition coefficient (Wildman–Crippen LogP) is 3.09. The number of alkyl halides is 1. The Kier molecular flexibility index (Phi) is 4.24. The zero-order valence-corrected chi connectivity index (χ0v) is 13.1. The van der Waals surface area contributed by atoms with E-state index in [0.717, 1.165) is 30.8 Å². The number of para-hydroxylation sites is 2. The predicted molar refractivity (Wildman–Crippen MR) is 86.6 cm³/mol. The number of rotatable bonds is 5. The summed E-state index contributed by atoms with van der Waals surface area (Å²) >= 11 is 6.09. The first kappa shape index (κ1) is 14.5. The molecule has 2 atom stereocenters. The van der Waals surface area contributed by atoms with Crippen LogP contribution in [0.5, 0.6) is 0 Å². The standard InChI is InChI=1S/C16H22ClN3O/c1-2-5-12-8-16(21)19(10-12)11-20-14-7-4-3-6-13(14)18-15(20)9-17/h3-4,6-7,12,15,18H,2,5,8-11H2,1H3. The Bertz CT molecular complexity index is 522. The van der Waals surface area contributed by atoms with Crippen LogP contribution >= 0.6 is 11.6 Å².